The summed E-state index contributed by atoms with van der Waals surface area (Å²) in [4.78, 5) is 27.2. The SMILES string of the molecule is Nc1nc2ncc([N+](=O)[O-])cc2c(N)c1[N+](=O)[O-]. The Morgan fingerprint density at radius 2 is 1.83 bits per heavy atom. The molecule has 0 radical (unpaired) electrons. The maximum absolute atomic E-state index is 10.8. The van der Waals surface area contributed by atoms with Crippen LogP contribution in [0.1, 0.15) is 0 Å². The van der Waals surface area contributed by atoms with Crippen molar-refractivity contribution in [3.05, 3.63) is 32.5 Å². The number of rotatable bonds is 2. The van der Waals surface area contributed by atoms with Crippen molar-refractivity contribution in [2.45, 2.75) is 0 Å². The minimum atomic E-state index is -0.796. The molecule has 0 atom stereocenters. The minimum absolute atomic E-state index is 0.0150. The smallest absolute Gasteiger partial charge is 0.334 e. The first-order valence-corrected chi connectivity index (χ1v) is 4.55. The van der Waals surface area contributed by atoms with Crippen molar-refractivity contribution in [1.82, 2.24) is 9.97 Å². The largest absolute Gasteiger partial charge is 0.392 e. The zero-order valence-electron chi connectivity index (χ0n) is 8.73. The van der Waals surface area contributed by atoms with Gasteiger partial charge in [0.2, 0.25) is 5.82 Å². The average Bonchev–Trinajstić information content (AvgIpc) is 2.27. The van der Waals surface area contributed by atoms with Crippen LogP contribution < -0.4 is 11.5 Å². The first kappa shape index (κ1) is 11.4. The molecular formula is C8H6N6O4. The molecule has 0 aliphatic carbocycles. The van der Waals surface area contributed by atoms with Gasteiger partial charge in [0, 0.05) is 6.07 Å². The number of nitrogens with zero attached hydrogens (tertiary/aromatic N) is 4. The van der Waals surface area contributed by atoms with Crippen LogP contribution >= 0.6 is 0 Å². The summed E-state index contributed by atoms with van der Waals surface area (Å²) in [5, 5.41) is 21.4. The Hall–Kier alpha value is -3.04. The Balaban J connectivity index is 2.85. The number of aromatic nitrogens is 2. The molecular weight excluding hydrogens is 244 g/mol. The zero-order valence-corrected chi connectivity index (χ0v) is 8.73. The van der Waals surface area contributed by atoms with Crippen LogP contribution in [-0.4, -0.2) is 19.8 Å². The molecule has 2 heterocycles. The van der Waals surface area contributed by atoms with Gasteiger partial charge < -0.3 is 11.5 Å². The minimum Gasteiger partial charge on any atom is -0.392 e. The maximum Gasteiger partial charge on any atom is 0.334 e. The van der Waals surface area contributed by atoms with Crippen molar-refractivity contribution >= 4 is 33.9 Å². The number of nitro groups is 2. The van der Waals surface area contributed by atoms with E-state index in [1.165, 1.54) is 0 Å². The summed E-state index contributed by atoms with van der Waals surface area (Å²) in [5.41, 5.74) is 9.75. The van der Waals surface area contributed by atoms with Crippen LogP contribution in [0.15, 0.2) is 12.3 Å². The molecule has 92 valence electrons. The quantitative estimate of drug-likeness (QED) is 0.577. The van der Waals surface area contributed by atoms with Gasteiger partial charge in [0.15, 0.2) is 5.65 Å². The van der Waals surface area contributed by atoms with E-state index < -0.39 is 15.5 Å². The Morgan fingerprint density at radius 3 is 2.39 bits per heavy atom. The van der Waals surface area contributed by atoms with Crippen LogP contribution in [-0.2, 0) is 0 Å². The van der Waals surface area contributed by atoms with E-state index in [0.717, 1.165) is 12.3 Å². The lowest BCUT2D eigenvalue weighted by molar-refractivity contribution is -0.385. The van der Waals surface area contributed by atoms with Gasteiger partial charge in [-0.3, -0.25) is 20.2 Å². The first-order chi connectivity index (χ1) is 8.41. The third-order valence-corrected chi connectivity index (χ3v) is 2.26. The number of hydrogen-bond acceptors (Lipinski definition) is 8. The molecule has 0 aromatic carbocycles. The third-order valence-electron chi connectivity index (χ3n) is 2.26. The Labute approximate surface area is 98.5 Å². The highest BCUT2D eigenvalue weighted by Crippen LogP contribution is 2.34. The van der Waals surface area contributed by atoms with E-state index in [4.69, 9.17) is 11.5 Å². The summed E-state index contributed by atoms with van der Waals surface area (Å²) >= 11 is 0. The summed E-state index contributed by atoms with van der Waals surface area (Å²) in [6.45, 7) is 0. The molecule has 0 amide bonds. The fourth-order valence-electron chi connectivity index (χ4n) is 1.46. The number of pyridine rings is 2. The number of fused-ring (bicyclic) bond motifs is 1. The van der Waals surface area contributed by atoms with E-state index in [1.807, 2.05) is 0 Å². The molecule has 0 aliphatic heterocycles. The highest BCUT2D eigenvalue weighted by atomic mass is 16.6. The van der Waals surface area contributed by atoms with E-state index in [0.29, 0.717) is 0 Å². The van der Waals surface area contributed by atoms with Crippen molar-refractivity contribution in [2.75, 3.05) is 11.5 Å². The summed E-state index contributed by atoms with van der Waals surface area (Å²) in [7, 11) is 0. The molecule has 10 nitrogen and oxygen atoms in total. The number of anilines is 2. The molecule has 10 heteroatoms. The van der Waals surface area contributed by atoms with E-state index in [9.17, 15) is 20.2 Å². The molecule has 0 saturated carbocycles. The van der Waals surface area contributed by atoms with E-state index in [2.05, 4.69) is 9.97 Å². The summed E-state index contributed by atoms with van der Waals surface area (Å²) < 4.78 is 0. The van der Waals surface area contributed by atoms with Gasteiger partial charge in [-0.2, -0.15) is 0 Å². The molecule has 0 unspecified atom stereocenters. The molecule has 0 bridgehead atoms. The van der Waals surface area contributed by atoms with Crippen molar-refractivity contribution in [3.8, 4) is 0 Å². The Morgan fingerprint density at radius 1 is 1.17 bits per heavy atom. The molecule has 0 fully saturated rings. The van der Waals surface area contributed by atoms with Crippen molar-refractivity contribution in [2.24, 2.45) is 0 Å². The molecule has 2 aromatic rings. The number of nitrogen functional groups attached to an aromatic ring is 2. The second-order valence-electron chi connectivity index (χ2n) is 3.34. The first-order valence-electron chi connectivity index (χ1n) is 4.55. The summed E-state index contributed by atoms with van der Waals surface area (Å²) in [6.07, 6.45) is 0.972. The molecule has 18 heavy (non-hydrogen) atoms. The number of hydrogen-bond donors (Lipinski definition) is 2. The van der Waals surface area contributed by atoms with E-state index in [1.54, 1.807) is 0 Å². The molecule has 4 N–H and O–H groups in total. The summed E-state index contributed by atoms with van der Waals surface area (Å²) in [5.74, 6) is -0.383. The van der Waals surface area contributed by atoms with Crippen molar-refractivity contribution in [3.63, 3.8) is 0 Å². The average molecular weight is 250 g/mol. The normalized spacial score (nSPS) is 10.4. The van der Waals surface area contributed by atoms with Crippen molar-refractivity contribution < 1.29 is 9.85 Å². The van der Waals surface area contributed by atoms with Crippen LogP contribution in [0.3, 0.4) is 0 Å². The predicted molar refractivity (Wildman–Crippen MR) is 61.7 cm³/mol. The topological polar surface area (TPSA) is 164 Å². The van der Waals surface area contributed by atoms with Gasteiger partial charge in [0.05, 0.1) is 15.2 Å². The zero-order chi connectivity index (χ0) is 13.4. The maximum atomic E-state index is 10.8. The highest BCUT2D eigenvalue weighted by Gasteiger charge is 2.23. The second kappa shape index (κ2) is 3.76. The van der Waals surface area contributed by atoms with Crippen LogP contribution in [0.25, 0.3) is 11.0 Å². The van der Waals surface area contributed by atoms with Crippen molar-refractivity contribution in [1.29, 1.82) is 0 Å². The fraction of sp³-hybridized carbons (Fsp3) is 0. The van der Waals surface area contributed by atoms with Gasteiger partial charge in [-0.15, -0.1) is 0 Å². The third kappa shape index (κ3) is 1.61. The molecule has 0 aliphatic rings. The Kier molecular flexibility index (Phi) is 2.39. The monoisotopic (exact) mass is 250 g/mol. The van der Waals surface area contributed by atoms with Gasteiger partial charge in [-0.25, -0.2) is 9.97 Å². The van der Waals surface area contributed by atoms with Gasteiger partial charge in [-0.1, -0.05) is 0 Å². The van der Waals surface area contributed by atoms with Gasteiger partial charge >= 0.3 is 5.69 Å². The fourth-order valence-corrected chi connectivity index (χ4v) is 1.46. The highest BCUT2D eigenvalue weighted by molar-refractivity contribution is 5.96. The molecule has 0 spiro atoms. The molecule has 0 saturated heterocycles. The van der Waals surface area contributed by atoms with E-state index >= 15 is 0 Å². The summed E-state index contributed by atoms with van der Waals surface area (Å²) in [6, 6.07) is 1.07. The second-order valence-corrected chi connectivity index (χ2v) is 3.34. The van der Waals surface area contributed by atoms with Crippen LogP contribution in [0.5, 0.6) is 0 Å². The lowest BCUT2D eigenvalue weighted by atomic mass is 10.2. The van der Waals surface area contributed by atoms with Gasteiger partial charge in [0.25, 0.3) is 5.69 Å². The van der Waals surface area contributed by atoms with Crippen LogP contribution in [0.4, 0.5) is 22.9 Å². The lowest BCUT2D eigenvalue weighted by Crippen LogP contribution is -2.05. The van der Waals surface area contributed by atoms with Crippen LogP contribution in [0, 0.1) is 20.2 Å². The number of nitrogens with two attached hydrogens (primary N) is 2. The van der Waals surface area contributed by atoms with Gasteiger partial charge in [-0.05, 0) is 0 Å². The predicted octanol–water partition coefficient (Wildman–Crippen LogP) is 0.611. The van der Waals surface area contributed by atoms with Crippen LogP contribution in [0.2, 0.25) is 0 Å². The Bertz CT molecular complexity index is 685. The standard InChI is InChI=1S/C8H6N6O4/c9-5-4-1-3(13(15)16)2-11-8(4)12-7(10)6(5)14(17)18/h1-2H,(H4,9,10,11,12). The molecule has 2 aromatic heterocycles. The van der Waals surface area contributed by atoms with Gasteiger partial charge in [0.1, 0.15) is 11.9 Å². The molecule has 2 rings (SSSR count). The van der Waals surface area contributed by atoms with E-state index in [-0.39, 0.29) is 28.2 Å². The lowest BCUT2D eigenvalue weighted by Gasteiger charge is -2.04.